The number of nitrogens with zero attached hydrogens (tertiary/aromatic N) is 1. The van der Waals surface area contributed by atoms with Crippen molar-refractivity contribution in [2.45, 2.75) is 38.8 Å². The van der Waals surface area contributed by atoms with Gasteiger partial charge < -0.3 is 10.2 Å². The molecule has 2 N–H and O–H groups in total. The Morgan fingerprint density at radius 2 is 2.44 bits per heavy atom. The second kappa shape index (κ2) is 4.60. The number of nitrogens with two attached hydrogens (primary N) is 1. The standard InChI is InChI=1S/C13H22N2O/c1-13(7-3-6-12(13)14)10-15(2)9-11-5-4-8-16-11/h4-5,8,12H,3,6-7,9-10,14H2,1-2H3. The molecule has 0 bridgehead atoms. The van der Waals surface area contributed by atoms with Crippen LogP contribution in [0.1, 0.15) is 31.9 Å². The molecular weight excluding hydrogens is 200 g/mol. The molecule has 90 valence electrons. The lowest BCUT2D eigenvalue weighted by Gasteiger charge is -2.33. The van der Waals surface area contributed by atoms with Crippen molar-refractivity contribution in [1.29, 1.82) is 0 Å². The summed E-state index contributed by atoms with van der Waals surface area (Å²) in [4.78, 5) is 2.31. The summed E-state index contributed by atoms with van der Waals surface area (Å²) in [6, 6.07) is 4.31. The van der Waals surface area contributed by atoms with E-state index in [9.17, 15) is 0 Å². The smallest absolute Gasteiger partial charge is 0.117 e. The van der Waals surface area contributed by atoms with Crippen LogP contribution in [-0.4, -0.2) is 24.5 Å². The Morgan fingerprint density at radius 3 is 3.00 bits per heavy atom. The summed E-state index contributed by atoms with van der Waals surface area (Å²) in [5, 5.41) is 0. The topological polar surface area (TPSA) is 42.4 Å². The van der Waals surface area contributed by atoms with Gasteiger partial charge in [0.25, 0.3) is 0 Å². The van der Waals surface area contributed by atoms with E-state index in [0.717, 1.165) is 18.8 Å². The lowest BCUT2D eigenvalue weighted by Crippen LogP contribution is -2.42. The Labute approximate surface area is 97.6 Å². The SMILES string of the molecule is CN(Cc1ccco1)CC1(C)CCCC1N. The molecule has 3 heteroatoms. The molecule has 0 radical (unpaired) electrons. The fourth-order valence-electron chi connectivity index (χ4n) is 2.80. The van der Waals surface area contributed by atoms with Crippen molar-refractivity contribution < 1.29 is 4.42 Å². The monoisotopic (exact) mass is 222 g/mol. The zero-order valence-electron chi connectivity index (χ0n) is 10.3. The average molecular weight is 222 g/mol. The maximum absolute atomic E-state index is 6.18. The van der Waals surface area contributed by atoms with Crippen molar-refractivity contribution in [3.8, 4) is 0 Å². The van der Waals surface area contributed by atoms with Crippen LogP contribution in [0.15, 0.2) is 22.8 Å². The third-order valence-corrected chi connectivity index (χ3v) is 3.80. The summed E-state index contributed by atoms with van der Waals surface area (Å²) in [7, 11) is 2.14. The maximum atomic E-state index is 6.18. The summed E-state index contributed by atoms with van der Waals surface area (Å²) in [6.45, 7) is 4.23. The minimum atomic E-state index is 0.279. The van der Waals surface area contributed by atoms with Crippen molar-refractivity contribution in [2.24, 2.45) is 11.1 Å². The molecule has 0 spiro atoms. The quantitative estimate of drug-likeness (QED) is 0.849. The molecule has 2 unspecified atom stereocenters. The van der Waals surface area contributed by atoms with Crippen LogP contribution in [0.2, 0.25) is 0 Å². The predicted octanol–water partition coefficient (Wildman–Crippen LogP) is 2.23. The molecule has 0 amide bonds. The molecule has 1 heterocycles. The van der Waals surface area contributed by atoms with Gasteiger partial charge in [-0.3, -0.25) is 4.90 Å². The molecule has 1 saturated carbocycles. The van der Waals surface area contributed by atoms with Gasteiger partial charge in [0.15, 0.2) is 0 Å². The Morgan fingerprint density at radius 1 is 1.62 bits per heavy atom. The van der Waals surface area contributed by atoms with E-state index in [1.807, 2.05) is 12.1 Å². The number of hydrogen-bond acceptors (Lipinski definition) is 3. The number of rotatable bonds is 4. The van der Waals surface area contributed by atoms with Crippen LogP contribution >= 0.6 is 0 Å². The normalized spacial score (nSPS) is 30.1. The minimum absolute atomic E-state index is 0.279. The van der Waals surface area contributed by atoms with Crippen LogP contribution in [0.3, 0.4) is 0 Å². The van der Waals surface area contributed by atoms with E-state index in [4.69, 9.17) is 10.2 Å². The van der Waals surface area contributed by atoms with Gasteiger partial charge in [0.05, 0.1) is 12.8 Å². The minimum Gasteiger partial charge on any atom is -0.468 e. The largest absolute Gasteiger partial charge is 0.468 e. The van der Waals surface area contributed by atoms with Gasteiger partial charge in [-0.2, -0.15) is 0 Å². The van der Waals surface area contributed by atoms with E-state index in [-0.39, 0.29) is 5.41 Å². The number of furan rings is 1. The van der Waals surface area contributed by atoms with Crippen molar-refractivity contribution in [2.75, 3.05) is 13.6 Å². The van der Waals surface area contributed by atoms with E-state index < -0.39 is 0 Å². The van der Waals surface area contributed by atoms with Gasteiger partial charge >= 0.3 is 0 Å². The van der Waals surface area contributed by atoms with Crippen LogP contribution in [0, 0.1) is 5.41 Å². The Balaban J connectivity index is 1.89. The van der Waals surface area contributed by atoms with Crippen molar-refractivity contribution in [3.63, 3.8) is 0 Å². The predicted molar refractivity (Wildman–Crippen MR) is 65.0 cm³/mol. The molecule has 1 aliphatic rings. The first kappa shape index (κ1) is 11.7. The third kappa shape index (κ3) is 2.47. The fourth-order valence-corrected chi connectivity index (χ4v) is 2.80. The highest BCUT2D eigenvalue weighted by atomic mass is 16.3. The van der Waals surface area contributed by atoms with E-state index >= 15 is 0 Å². The van der Waals surface area contributed by atoms with Crippen LogP contribution in [0.25, 0.3) is 0 Å². The fraction of sp³-hybridized carbons (Fsp3) is 0.692. The second-order valence-corrected chi connectivity index (χ2v) is 5.40. The van der Waals surface area contributed by atoms with Crippen LogP contribution in [0.5, 0.6) is 0 Å². The van der Waals surface area contributed by atoms with Gasteiger partial charge in [-0.15, -0.1) is 0 Å². The first-order chi connectivity index (χ1) is 7.60. The highest BCUT2D eigenvalue weighted by Gasteiger charge is 2.37. The van der Waals surface area contributed by atoms with Gasteiger partial charge in [-0.1, -0.05) is 13.3 Å². The lowest BCUT2D eigenvalue weighted by molar-refractivity contribution is 0.165. The molecule has 2 atom stereocenters. The third-order valence-electron chi connectivity index (χ3n) is 3.80. The van der Waals surface area contributed by atoms with Gasteiger partial charge in [-0.25, -0.2) is 0 Å². The zero-order valence-corrected chi connectivity index (χ0v) is 10.3. The Bertz CT molecular complexity index is 323. The molecule has 0 saturated heterocycles. The molecule has 2 rings (SSSR count). The summed E-state index contributed by atoms with van der Waals surface area (Å²) >= 11 is 0. The van der Waals surface area contributed by atoms with Gasteiger partial charge in [0, 0.05) is 12.6 Å². The van der Waals surface area contributed by atoms with Crippen molar-refractivity contribution in [3.05, 3.63) is 24.2 Å². The van der Waals surface area contributed by atoms with Gasteiger partial charge in [-0.05, 0) is 37.4 Å². The van der Waals surface area contributed by atoms with E-state index in [2.05, 4.69) is 18.9 Å². The molecule has 0 aliphatic heterocycles. The molecule has 1 aliphatic carbocycles. The van der Waals surface area contributed by atoms with Crippen LogP contribution in [-0.2, 0) is 6.54 Å². The zero-order chi connectivity index (χ0) is 11.6. The first-order valence-corrected chi connectivity index (χ1v) is 6.07. The summed E-state index contributed by atoms with van der Waals surface area (Å²) < 4.78 is 5.36. The maximum Gasteiger partial charge on any atom is 0.117 e. The van der Waals surface area contributed by atoms with Crippen molar-refractivity contribution in [1.82, 2.24) is 4.90 Å². The first-order valence-electron chi connectivity index (χ1n) is 6.07. The summed E-state index contributed by atoms with van der Waals surface area (Å²) in [5.74, 6) is 1.03. The Hall–Kier alpha value is -0.800. The lowest BCUT2D eigenvalue weighted by atomic mass is 9.84. The highest BCUT2D eigenvalue weighted by molar-refractivity contribution is 4.99. The molecule has 0 aromatic carbocycles. The molecule has 1 aromatic rings. The van der Waals surface area contributed by atoms with E-state index in [0.29, 0.717) is 6.04 Å². The molecule has 16 heavy (non-hydrogen) atoms. The van der Waals surface area contributed by atoms with Crippen molar-refractivity contribution >= 4 is 0 Å². The average Bonchev–Trinajstić information content (AvgIpc) is 2.79. The molecule has 3 nitrogen and oxygen atoms in total. The molecule has 1 fully saturated rings. The highest BCUT2D eigenvalue weighted by Crippen LogP contribution is 2.37. The second-order valence-electron chi connectivity index (χ2n) is 5.40. The van der Waals surface area contributed by atoms with Crippen LogP contribution < -0.4 is 5.73 Å². The molecular formula is C13H22N2O. The molecule has 1 aromatic heterocycles. The summed E-state index contributed by atoms with van der Waals surface area (Å²) in [6.07, 6.45) is 5.42. The van der Waals surface area contributed by atoms with Crippen LogP contribution in [0.4, 0.5) is 0 Å². The summed E-state index contributed by atoms with van der Waals surface area (Å²) in [5.41, 5.74) is 6.46. The van der Waals surface area contributed by atoms with Gasteiger partial charge in [0.1, 0.15) is 5.76 Å². The number of hydrogen-bond donors (Lipinski definition) is 1. The van der Waals surface area contributed by atoms with E-state index in [1.165, 1.54) is 19.3 Å². The van der Waals surface area contributed by atoms with Gasteiger partial charge in [0.2, 0.25) is 0 Å². The van der Waals surface area contributed by atoms with E-state index in [1.54, 1.807) is 6.26 Å². The Kier molecular flexibility index (Phi) is 3.36.